The van der Waals surface area contributed by atoms with E-state index in [-0.39, 0.29) is 0 Å². The van der Waals surface area contributed by atoms with Crippen molar-refractivity contribution in [2.24, 2.45) is 11.5 Å². The third-order valence-corrected chi connectivity index (χ3v) is 4.14. The third kappa shape index (κ3) is 12.3. The minimum atomic E-state index is -0.593. The monoisotopic (exact) mass is 248 g/mol. The molecule has 0 aromatic carbocycles. The van der Waals surface area contributed by atoms with Gasteiger partial charge in [-0.25, -0.2) is 0 Å². The lowest BCUT2D eigenvalue weighted by Crippen LogP contribution is -2.11. The summed E-state index contributed by atoms with van der Waals surface area (Å²) in [6.45, 7) is 1.56. The molecule has 0 bridgehead atoms. The van der Waals surface area contributed by atoms with Gasteiger partial charge in [0.05, 0.1) is 0 Å². The molecule has 0 amide bonds. The Morgan fingerprint density at radius 2 is 1.00 bits per heavy atom. The quantitative estimate of drug-likeness (QED) is 0.408. The van der Waals surface area contributed by atoms with E-state index in [4.69, 9.17) is 11.5 Å². The molecular formula is C12H28N2OS. The summed E-state index contributed by atoms with van der Waals surface area (Å²) in [6, 6.07) is 0. The molecule has 98 valence electrons. The van der Waals surface area contributed by atoms with Gasteiger partial charge in [0.25, 0.3) is 0 Å². The lowest BCUT2D eigenvalue weighted by atomic mass is 10.2. The van der Waals surface area contributed by atoms with Crippen LogP contribution < -0.4 is 11.5 Å². The summed E-state index contributed by atoms with van der Waals surface area (Å²) in [4.78, 5) is 0. The van der Waals surface area contributed by atoms with Crippen LogP contribution in [0.15, 0.2) is 0 Å². The van der Waals surface area contributed by atoms with Crippen LogP contribution in [0.1, 0.15) is 51.4 Å². The molecule has 0 aliphatic carbocycles. The van der Waals surface area contributed by atoms with Gasteiger partial charge in [0, 0.05) is 0 Å². The van der Waals surface area contributed by atoms with Crippen LogP contribution in [0, 0.1) is 0 Å². The first-order valence-electron chi connectivity index (χ1n) is 6.56. The second kappa shape index (κ2) is 13.3. The van der Waals surface area contributed by atoms with Crippen LogP contribution in [-0.2, 0) is 11.2 Å². The molecule has 3 nitrogen and oxygen atoms in total. The van der Waals surface area contributed by atoms with Crippen LogP contribution in [-0.4, -0.2) is 29.1 Å². The Balaban J connectivity index is 3.09. The first-order valence-corrected chi connectivity index (χ1v) is 8.05. The summed E-state index contributed by atoms with van der Waals surface area (Å²) < 4.78 is 11.6. The van der Waals surface area contributed by atoms with Gasteiger partial charge in [0.2, 0.25) is 0 Å². The van der Waals surface area contributed by atoms with Crippen LogP contribution >= 0.6 is 0 Å². The number of rotatable bonds is 12. The van der Waals surface area contributed by atoms with Crippen LogP contribution in [0.3, 0.4) is 0 Å². The Bertz CT molecular complexity index is 122. The van der Waals surface area contributed by atoms with Gasteiger partial charge in [0.1, 0.15) is 11.5 Å². The fraction of sp³-hybridized carbons (Fsp3) is 1.00. The maximum Gasteiger partial charge on any atom is 0.105 e. The predicted molar refractivity (Wildman–Crippen MR) is 72.9 cm³/mol. The van der Waals surface area contributed by atoms with Crippen LogP contribution in [0.25, 0.3) is 0 Å². The molecule has 4 N–H and O–H groups in total. The fourth-order valence-electron chi connectivity index (χ4n) is 1.62. The standard InChI is InChI=1S/C12H28N2OS/c13-9-5-1-3-7-11-16(15)12-8-4-2-6-10-14/h1-14H2. The molecule has 0 saturated heterocycles. The SMILES string of the molecule is NCCCCCC[S+]([O-])CCCCCCN. The van der Waals surface area contributed by atoms with Crippen molar-refractivity contribution >= 4 is 11.2 Å². The average molecular weight is 248 g/mol. The summed E-state index contributed by atoms with van der Waals surface area (Å²) in [7, 11) is 0. The van der Waals surface area contributed by atoms with Crippen molar-refractivity contribution in [1.29, 1.82) is 0 Å². The van der Waals surface area contributed by atoms with E-state index in [0.717, 1.165) is 50.3 Å². The van der Waals surface area contributed by atoms with Gasteiger partial charge in [-0.1, -0.05) is 24.0 Å². The van der Waals surface area contributed by atoms with Crippen molar-refractivity contribution < 1.29 is 4.55 Å². The van der Waals surface area contributed by atoms with Crippen LogP contribution in [0.4, 0.5) is 0 Å². The number of nitrogens with two attached hydrogens (primary N) is 2. The maximum absolute atomic E-state index is 11.6. The average Bonchev–Trinajstić information content (AvgIpc) is 2.28. The summed E-state index contributed by atoms with van der Waals surface area (Å²) in [5.74, 6) is 1.75. The van der Waals surface area contributed by atoms with Gasteiger partial charge in [-0.15, -0.1) is 0 Å². The molecule has 16 heavy (non-hydrogen) atoms. The van der Waals surface area contributed by atoms with Crippen LogP contribution in [0.5, 0.6) is 0 Å². The van der Waals surface area contributed by atoms with E-state index in [2.05, 4.69) is 0 Å². The Morgan fingerprint density at radius 3 is 1.38 bits per heavy atom. The van der Waals surface area contributed by atoms with E-state index in [1.54, 1.807) is 0 Å². The smallest absolute Gasteiger partial charge is 0.105 e. The van der Waals surface area contributed by atoms with Crippen molar-refractivity contribution in [3.8, 4) is 0 Å². The highest BCUT2D eigenvalue weighted by atomic mass is 32.2. The number of unbranched alkanes of at least 4 members (excludes halogenated alkanes) is 6. The predicted octanol–water partition coefficient (Wildman–Crippen LogP) is 1.77. The second-order valence-electron chi connectivity index (χ2n) is 4.25. The van der Waals surface area contributed by atoms with Crippen molar-refractivity contribution in [2.75, 3.05) is 24.6 Å². The Hall–Kier alpha value is 0.230. The number of hydrogen-bond acceptors (Lipinski definition) is 3. The van der Waals surface area contributed by atoms with Crippen molar-refractivity contribution in [1.82, 2.24) is 0 Å². The molecule has 0 fully saturated rings. The zero-order valence-corrected chi connectivity index (χ0v) is 11.3. The summed E-state index contributed by atoms with van der Waals surface area (Å²) in [5, 5.41) is 0. The molecule has 0 aliphatic heterocycles. The molecular weight excluding hydrogens is 220 g/mol. The lowest BCUT2D eigenvalue weighted by Gasteiger charge is -2.10. The molecule has 0 saturated carbocycles. The van der Waals surface area contributed by atoms with Gasteiger partial charge >= 0.3 is 0 Å². The van der Waals surface area contributed by atoms with Crippen molar-refractivity contribution in [3.63, 3.8) is 0 Å². The summed E-state index contributed by atoms with van der Waals surface area (Å²) in [6.07, 6.45) is 9.11. The topological polar surface area (TPSA) is 75.1 Å². The van der Waals surface area contributed by atoms with Gasteiger partial charge in [-0.3, -0.25) is 0 Å². The van der Waals surface area contributed by atoms with E-state index >= 15 is 0 Å². The van der Waals surface area contributed by atoms with Gasteiger partial charge in [0.15, 0.2) is 0 Å². The van der Waals surface area contributed by atoms with E-state index in [1.807, 2.05) is 0 Å². The first-order chi connectivity index (χ1) is 7.81. The Kier molecular flexibility index (Phi) is 13.5. The molecule has 0 heterocycles. The molecule has 0 rings (SSSR count). The molecule has 0 aliphatic rings. The highest BCUT2D eigenvalue weighted by molar-refractivity contribution is 7.91. The summed E-state index contributed by atoms with van der Waals surface area (Å²) >= 11 is -0.593. The van der Waals surface area contributed by atoms with Gasteiger partial charge < -0.3 is 16.0 Å². The molecule has 0 aromatic heterocycles. The Labute approximate surface area is 104 Å². The summed E-state index contributed by atoms with van der Waals surface area (Å²) in [5.41, 5.74) is 10.8. The molecule has 0 unspecified atom stereocenters. The maximum atomic E-state index is 11.6. The minimum absolute atomic E-state index is 0.593. The molecule has 0 spiro atoms. The molecule has 0 atom stereocenters. The second-order valence-corrected chi connectivity index (χ2v) is 5.95. The zero-order valence-electron chi connectivity index (χ0n) is 10.5. The van der Waals surface area contributed by atoms with Crippen LogP contribution in [0.2, 0.25) is 0 Å². The molecule has 0 radical (unpaired) electrons. The van der Waals surface area contributed by atoms with E-state index in [1.165, 1.54) is 25.7 Å². The van der Waals surface area contributed by atoms with E-state index in [9.17, 15) is 4.55 Å². The van der Waals surface area contributed by atoms with Gasteiger partial charge in [-0.2, -0.15) is 0 Å². The normalized spacial score (nSPS) is 11.2. The lowest BCUT2D eigenvalue weighted by molar-refractivity contribution is 0.580. The van der Waals surface area contributed by atoms with Gasteiger partial charge in [-0.05, 0) is 51.6 Å². The third-order valence-electron chi connectivity index (χ3n) is 2.65. The van der Waals surface area contributed by atoms with Crippen molar-refractivity contribution in [3.05, 3.63) is 0 Å². The Morgan fingerprint density at radius 1 is 0.625 bits per heavy atom. The largest absolute Gasteiger partial charge is 0.616 e. The highest BCUT2D eigenvalue weighted by Crippen LogP contribution is 2.06. The van der Waals surface area contributed by atoms with E-state index < -0.39 is 11.2 Å². The number of hydrogen-bond donors (Lipinski definition) is 2. The van der Waals surface area contributed by atoms with Crippen molar-refractivity contribution in [2.45, 2.75) is 51.4 Å². The minimum Gasteiger partial charge on any atom is -0.616 e. The zero-order chi connectivity index (χ0) is 12.1. The molecule has 0 aromatic rings. The molecule has 4 heteroatoms. The highest BCUT2D eigenvalue weighted by Gasteiger charge is 2.04. The van der Waals surface area contributed by atoms with E-state index in [0.29, 0.717) is 0 Å². The first kappa shape index (κ1) is 16.2. The fourth-order valence-corrected chi connectivity index (χ4v) is 2.88.